The highest BCUT2D eigenvalue weighted by molar-refractivity contribution is 6.32. The zero-order chi connectivity index (χ0) is 23.4. The standard InChI is InChI=1S/C24H17ClFN3O4/c25-16-9-10-21(33-14-22(30)27-18-6-4-5-17(26)13-18)15(11-16)12-20-23(31)28-29(24(20)32)19-7-2-1-3-8-19/h1-13H,14H2,(H,27,30)(H,28,31). The summed E-state index contributed by atoms with van der Waals surface area (Å²) in [5.74, 6) is -1.89. The number of anilines is 2. The van der Waals surface area contributed by atoms with Crippen LogP contribution in [0.15, 0.2) is 78.4 Å². The van der Waals surface area contributed by atoms with Gasteiger partial charge in [0.15, 0.2) is 6.61 Å². The molecule has 166 valence electrons. The normalized spacial score (nSPS) is 14.4. The van der Waals surface area contributed by atoms with Gasteiger partial charge in [-0.05, 0) is 54.6 Å². The summed E-state index contributed by atoms with van der Waals surface area (Å²) in [7, 11) is 0. The van der Waals surface area contributed by atoms with Crippen LogP contribution in [0.4, 0.5) is 15.8 Å². The van der Waals surface area contributed by atoms with E-state index in [4.69, 9.17) is 16.3 Å². The zero-order valence-electron chi connectivity index (χ0n) is 17.0. The molecule has 0 atom stereocenters. The van der Waals surface area contributed by atoms with Crippen LogP contribution in [-0.2, 0) is 14.4 Å². The SMILES string of the molecule is O=C(COc1ccc(Cl)cc1C=C1C(=O)NN(c2ccccc2)C1=O)Nc1cccc(F)c1. The minimum atomic E-state index is -0.585. The van der Waals surface area contributed by atoms with Gasteiger partial charge in [0.25, 0.3) is 17.7 Å². The average molecular weight is 466 g/mol. The number of para-hydroxylation sites is 1. The lowest BCUT2D eigenvalue weighted by Crippen LogP contribution is -2.35. The molecule has 1 saturated heterocycles. The predicted octanol–water partition coefficient (Wildman–Crippen LogP) is 3.96. The molecule has 1 fully saturated rings. The summed E-state index contributed by atoms with van der Waals surface area (Å²) in [6, 6.07) is 18.7. The van der Waals surface area contributed by atoms with Gasteiger partial charge in [0.05, 0.1) is 5.69 Å². The molecule has 1 heterocycles. The van der Waals surface area contributed by atoms with Gasteiger partial charge in [-0.1, -0.05) is 35.9 Å². The lowest BCUT2D eigenvalue weighted by molar-refractivity contribution is -0.118. The van der Waals surface area contributed by atoms with Crippen molar-refractivity contribution in [3.05, 3.63) is 94.8 Å². The minimum Gasteiger partial charge on any atom is -0.483 e. The summed E-state index contributed by atoms with van der Waals surface area (Å²) < 4.78 is 18.9. The topological polar surface area (TPSA) is 87.7 Å². The Balaban J connectivity index is 1.52. The first-order chi connectivity index (χ1) is 15.9. The van der Waals surface area contributed by atoms with Gasteiger partial charge in [-0.25, -0.2) is 9.40 Å². The molecule has 0 unspecified atom stereocenters. The Morgan fingerprint density at radius 1 is 1.06 bits per heavy atom. The van der Waals surface area contributed by atoms with E-state index in [-0.39, 0.29) is 23.6 Å². The van der Waals surface area contributed by atoms with E-state index in [9.17, 15) is 18.8 Å². The van der Waals surface area contributed by atoms with Crippen LogP contribution >= 0.6 is 11.6 Å². The number of benzene rings is 3. The number of halogens is 2. The molecule has 33 heavy (non-hydrogen) atoms. The van der Waals surface area contributed by atoms with E-state index >= 15 is 0 Å². The van der Waals surface area contributed by atoms with E-state index in [1.54, 1.807) is 42.5 Å². The van der Waals surface area contributed by atoms with Crippen molar-refractivity contribution in [3.8, 4) is 5.75 Å². The van der Waals surface area contributed by atoms with Crippen LogP contribution in [0, 0.1) is 5.82 Å². The number of ether oxygens (including phenoxy) is 1. The fourth-order valence-electron chi connectivity index (χ4n) is 3.14. The van der Waals surface area contributed by atoms with Crippen LogP contribution in [0.2, 0.25) is 5.02 Å². The van der Waals surface area contributed by atoms with Crippen molar-refractivity contribution in [2.75, 3.05) is 16.9 Å². The molecule has 0 saturated carbocycles. The summed E-state index contributed by atoms with van der Waals surface area (Å²) in [6.07, 6.45) is 1.35. The van der Waals surface area contributed by atoms with Gasteiger partial charge in [0.1, 0.15) is 17.1 Å². The van der Waals surface area contributed by atoms with Crippen molar-refractivity contribution in [2.45, 2.75) is 0 Å². The maximum absolute atomic E-state index is 13.3. The first kappa shape index (κ1) is 22.0. The summed E-state index contributed by atoms with van der Waals surface area (Å²) >= 11 is 6.09. The number of hydrogen-bond acceptors (Lipinski definition) is 4. The van der Waals surface area contributed by atoms with E-state index in [2.05, 4.69) is 10.7 Å². The van der Waals surface area contributed by atoms with Gasteiger partial charge < -0.3 is 10.1 Å². The second-order valence-corrected chi connectivity index (χ2v) is 7.44. The van der Waals surface area contributed by atoms with Crippen molar-refractivity contribution < 1.29 is 23.5 Å². The van der Waals surface area contributed by atoms with Gasteiger partial charge in [-0.3, -0.25) is 19.8 Å². The Morgan fingerprint density at radius 2 is 1.85 bits per heavy atom. The second kappa shape index (κ2) is 9.54. The summed E-state index contributed by atoms with van der Waals surface area (Å²) in [4.78, 5) is 37.5. The molecule has 0 spiro atoms. The Labute approximate surface area is 193 Å². The van der Waals surface area contributed by atoms with Gasteiger partial charge in [0.2, 0.25) is 0 Å². The second-order valence-electron chi connectivity index (χ2n) is 7.00. The van der Waals surface area contributed by atoms with Crippen LogP contribution in [0.3, 0.4) is 0 Å². The Morgan fingerprint density at radius 3 is 2.61 bits per heavy atom. The smallest absolute Gasteiger partial charge is 0.282 e. The van der Waals surface area contributed by atoms with Crippen LogP contribution in [-0.4, -0.2) is 24.3 Å². The molecular formula is C24H17ClFN3O4. The largest absolute Gasteiger partial charge is 0.483 e. The summed E-state index contributed by atoms with van der Waals surface area (Å²) in [5.41, 5.74) is 3.54. The Hall–Kier alpha value is -4.17. The van der Waals surface area contributed by atoms with E-state index < -0.39 is 23.5 Å². The van der Waals surface area contributed by atoms with Crippen LogP contribution < -0.4 is 20.5 Å². The van der Waals surface area contributed by atoms with E-state index in [1.807, 2.05) is 0 Å². The van der Waals surface area contributed by atoms with Gasteiger partial charge in [0, 0.05) is 16.3 Å². The molecule has 0 radical (unpaired) electrons. The predicted molar refractivity (Wildman–Crippen MR) is 122 cm³/mol. The van der Waals surface area contributed by atoms with Crippen LogP contribution in [0.1, 0.15) is 5.56 Å². The van der Waals surface area contributed by atoms with E-state index in [0.717, 1.165) is 5.01 Å². The molecular weight excluding hydrogens is 449 g/mol. The number of nitrogens with one attached hydrogen (secondary N) is 2. The highest BCUT2D eigenvalue weighted by Gasteiger charge is 2.34. The molecule has 3 amide bonds. The number of hydrazine groups is 1. The molecule has 3 aromatic carbocycles. The fourth-order valence-corrected chi connectivity index (χ4v) is 3.32. The Bertz CT molecular complexity index is 1260. The quantitative estimate of drug-likeness (QED) is 0.426. The third kappa shape index (κ3) is 5.19. The summed E-state index contributed by atoms with van der Waals surface area (Å²) in [6.45, 7) is -0.384. The molecule has 7 nitrogen and oxygen atoms in total. The molecule has 0 bridgehead atoms. The van der Waals surface area contributed by atoms with Crippen molar-refractivity contribution in [2.24, 2.45) is 0 Å². The average Bonchev–Trinajstić information content (AvgIpc) is 3.07. The third-order valence-electron chi connectivity index (χ3n) is 4.64. The van der Waals surface area contributed by atoms with Crippen molar-refractivity contribution in [1.82, 2.24) is 5.43 Å². The van der Waals surface area contributed by atoms with Crippen molar-refractivity contribution in [3.63, 3.8) is 0 Å². The number of nitrogens with zero attached hydrogens (tertiary/aromatic N) is 1. The van der Waals surface area contributed by atoms with E-state index in [1.165, 1.54) is 36.4 Å². The van der Waals surface area contributed by atoms with Gasteiger partial charge in [-0.15, -0.1) is 0 Å². The number of amides is 3. The molecule has 1 aliphatic heterocycles. The van der Waals surface area contributed by atoms with E-state index in [0.29, 0.717) is 16.3 Å². The summed E-state index contributed by atoms with van der Waals surface area (Å²) in [5, 5.41) is 4.02. The minimum absolute atomic E-state index is 0.116. The number of rotatable bonds is 6. The first-order valence-electron chi connectivity index (χ1n) is 9.80. The molecule has 4 rings (SSSR count). The third-order valence-corrected chi connectivity index (χ3v) is 4.88. The number of carbonyl (C=O) groups excluding carboxylic acids is 3. The first-order valence-corrected chi connectivity index (χ1v) is 10.2. The van der Waals surface area contributed by atoms with Crippen LogP contribution in [0.5, 0.6) is 5.75 Å². The van der Waals surface area contributed by atoms with Crippen LogP contribution in [0.25, 0.3) is 6.08 Å². The van der Waals surface area contributed by atoms with Gasteiger partial charge >= 0.3 is 0 Å². The number of carbonyl (C=O) groups is 3. The molecule has 1 aliphatic rings. The maximum atomic E-state index is 13.3. The Kier molecular flexibility index (Phi) is 6.37. The number of hydrogen-bond donors (Lipinski definition) is 2. The van der Waals surface area contributed by atoms with Gasteiger partial charge in [-0.2, -0.15) is 0 Å². The molecule has 3 aromatic rings. The highest BCUT2D eigenvalue weighted by atomic mass is 35.5. The highest BCUT2D eigenvalue weighted by Crippen LogP contribution is 2.28. The molecule has 0 aliphatic carbocycles. The lowest BCUT2D eigenvalue weighted by atomic mass is 10.1. The monoisotopic (exact) mass is 465 g/mol. The fraction of sp³-hybridized carbons (Fsp3) is 0.0417. The van der Waals surface area contributed by atoms with Crippen molar-refractivity contribution >= 4 is 46.8 Å². The molecule has 0 aromatic heterocycles. The molecule has 9 heteroatoms. The molecule has 2 N–H and O–H groups in total. The zero-order valence-corrected chi connectivity index (χ0v) is 17.8. The van der Waals surface area contributed by atoms with Crippen molar-refractivity contribution in [1.29, 1.82) is 0 Å². The maximum Gasteiger partial charge on any atom is 0.282 e. The lowest BCUT2D eigenvalue weighted by Gasteiger charge is -2.14.